The third-order valence-electron chi connectivity index (χ3n) is 5.40. The Kier molecular flexibility index (Phi) is 5.75. The van der Waals surface area contributed by atoms with Gasteiger partial charge in [-0.1, -0.05) is 0 Å². The van der Waals surface area contributed by atoms with Crippen LogP contribution in [0.25, 0.3) is 11.4 Å². The Balaban J connectivity index is 1.72. The van der Waals surface area contributed by atoms with Crippen LogP contribution in [0.2, 0.25) is 0 Å². The lowest BCUT2D eigenvalue weighted by Gasteiger charge is -2.34. The van der Waals surface area contributed by atoms with Gasteiger partial charge in [0.15, 0.2) is 5.82 Å². The fourth-order valence-electron chi connectivity index (χ4n) is 3.56. The lowest BCUT2D eigenvalue weighted by Crippen LogP contribution is -2.44. The Morgan fingerprint density at radius 1 is 1.29 bits per heavy atom. The van der Waals surface area contributed by atoms with Crippen LogP contribution >= 0.6 is 11.8 Å². The monoisotopic (exact) mass is 400 g/mol. The zero-order chi connectivity index (χ0) is 19.6. The van der Waals surface area contributed by atoms with Gasteiger partial charge in [0.1, 0.15) is 5.82 Å². The van der Waals surface area contributed by atoms with Gasteiger partial charge in [0.25, 0.3) is 0 Å². The Morgan fingerprint density at radius 2 is 2.07 bits per heavy atom. The molecule has 2 heterocycles. The minimum Gasteiger partial charge on any atom is -0.399 e. The van der Waals surface area contributed by atoms with Crippen LogP contribution in [0.3, 0.4) is 0 Å². The minimum atomic E-state index is 0.0605. The van der Waals surface area contributed by atoms with Crippen molar-refractivity contribution in [2.45, 2.75) is 37.0 Å². The standard InChI is InChI=1S/C21H28N4O2S/c1-15-14-27-11-9-25(15)19-13-18(21(7-8-21)28-12-2-10-26)23-20(24-19)16-3-5-17(22)6-4-16/h3-6,13,15,26H,2,7-12,14,22H2,1H3/t15-/m0/s1. The van der Waals surface area contributed by atoms with E-state index < -0.39 is 0 Å². The molecule has 1 saturated heterocycles. The van der Waals surface area contributed by atoms with Gasteiger partial charge in [-0.15, -0.1) is 11.8 Å². The number of rotatable bonds is 7. The second kappa shape index (κ2) is 8.27. The van der Waals surface area contributed by atoms with E-state index in [0.29, 0.717) is 6.61 Å². The molecule has 150 valence electrons. The molecule has 4 rings (SSSR count). The molecule has 28 heavy (non-hydrogen) atoms. The second-order valence-electron chi connectivity index (χ2n) is 7.59. The molecule has 7 heteroatoms. The van der Waals surface area contributed by atoms with Gasteiger partial charge >= 0.3 is 0 Å². The Morgan fingerprint density at radius 3 is 2.75 bits per heavy atom. The number of anilines is 2. The molecule has 3 N–H and O–H groups in total. The second-order valence-corrected chi connectivity index (χ2v) is 9.07. The number of hydrogen-bond donors (Lipinski definition) is 2. The van der Waals surface area contributed by atoms with Gasteiger partial charge in [-0.2, -0.15) is 0 Å². The summed E-state index contributed by atoms with van der Waals surface area (Å²) in [5, 5.41) is 9.15. The summed E-state index contributed by atoms with van der Waals surface area (Å²) in [4.78, 5) is 12.2. The number of nitrogen functional groups attached to an aromatic ring is 1. The summed E-state index contributed by atoms with van der Waals surface area (Å²) >= 11 is 1.92. The molecule has 1 aliphatic heterocycles. The topological polar surface area (TPSA) is 84.5 Å². The van der Waals surface area contributed by atoms with Gasteiger partial charge in [-0.05, 0) is 56.2 Å². The van der Waals surface area contributed by atoms with E-state index in [1.165, 1.54) is 0 Å². The molecule has 0 unspecified atom stereocenters. The maximum absolute atomic E-state index is 9.15. The summed E-state index contributed by atoms with van der Waals surface area (Å²) in [5.41, 5.74) is 8.68. The van der Waals surface area contributed by atoms with E-state index in [2.05, 4.69) is 17.9 Å². The SMILES string of the molecule is C[C@H]1COCCN1c1cc(C2(SCCCO)CC2)nc(-c2ccc(N)cc2)n1. The first-order chi connectivity index (χ1) is 13.6. The van der Waals surface area contributed by atoms with Crippen molar-refractivity contribution in [2.75, 3.05) is 42.8 Å². The van der Waals surface area contributed by atoms with Crippen molar-refractivity contribution in [3.8, 4) is 11.4 Å². The van der Waals surface area contributed by atoms with E-state index in [9.17, 15) is 0 Å². The Bertz CT molecular complexity index is 811. The van der Waals surface area contributed by atoms with Gasteiger partial charge in [0.05, 0.1) is 29.7 Å². The number of hydrogen-bond acceptors (Lipinski definition) is 7. The number of aromatic nitrogens is 2. The minimum absolute atomic E-state index is 0.0605. The van der Waals surface area contributed by atoms with Crippen LogP contribution < -0.4 is 10.6 Å². The Labute approximate surface area is 170 Å². The van der Waals surface area contributed by atoms with Crippen molar-refractivity contribution in [1.82, 2.24) is 9.97 Å². The zero-order valence-electron chi connectivity index (χ0n) is 16.3. The fourth-order valence-corrected chi connectivity index (χ4v) is 4.87. The van der Waals surface area contributed by atoms with E-state index in [-0.39, 0.29) is 17.4 Å². The first kappa shape index (κ1) is 19.5. The zero-order valence-corrected chi connectivity index (χ0v) is 17.1. The summed E-state index contributed by atoms with van der Waals surface area (Å²) in [5.74, 6) is 2.67. The van der Waals surface area contributed by atoms with Crippen molar-refractivity contribution in [3.63, 3.8) is 0 Å². The molecule has 6 nitrogen and oxygen atoms in total. The number of morpholine rings is 1. The van der Waals surface area contributed by atoms with Crippen LogP contribution in [0.4, 0.5) is 11.5 Å². The highest BCUT2D eigenvalue weighted by molar-refractivity contribution is 8.00. The first-order valence-corrected chi connectivity index (χ1v) is 10.9. The highest BCUT2D eigenvalue weighted by atomic mass is 32.2. The number of aliphatic hydroxyl groups is 1. The lowest BCUT2D eigenvalue weighted by atomic mass is 10.1. The molecule has 1 aliphatic carbocycles. The van der Waals surface area contributed by atoms with Crippen LogP contribution in [-0.4, -0.2) is 53.2 Å². The Hall–Kier alpha value is -1.83. The molecule has 1 saturated carbocycles. The van der Waals surface area contributed by atoms with E-state index in [1.807, 2.05) is 36.0 Å². The van der Waals surface area contributed by atoms with Crippen molar-refractivity contribution < 1.29 is 9.84 Å². The van der Waals surface area contributed by atoms with Gasteiger partial charge in [0.2, 0.25) is 0 Å². The molecule has 2 aliphatic rings. The van der Waals surface area contributed by atoms with Crippen LogP contribution in [-0.2, 0) is 9.48 Å². The van der Waals surface area contributed by atoms with Gasteiger partial charge < -0.3 is 20.5 Å². The molecule has 1 aromatic heterocycles. The molecule has 0 spiro atoms. The maximum Gasteiger partial charge on any atom is 0.161 e. The van der Waals surface area contributed by atoms with E-state index in [1.54, 1.807) is 0 Å². The third kappa shape index (κ3) is 4.11. The number of nitrogens with two attached hydrogens (primary N) is 1. The van der Waals surface area contributed by atoms with Crippen LogP contribution in [0.15, 0.2) is 30.3 Å². The molecular weight excluding hydrogens is 372 g/mol. The first-order valence-electron chi connectivity index (χ1n) is 9.96. The lowest BCUT2D eigenvalue weighted by molar-refractivity contribution is 0.0985. The van der Waals surface area contributed by atoms with E-state index in [0.717, 1.165) is 66.8 Å². The van der Waals surface area contributed by atoms with Gasteiger partial charge in [-0.25, -0.2) is 9.97 Å². The highest BCUT2D eigenvalue weighted by Crippen LogP contribution is 2.57. The van der Waals surface area contributed by atoms with Crippen LogP contribution in [0, 0.1) is 0 Å². The molecule has 1 atom stereocenters. The molecule has 0 amide bonds. The molecule has 2 fully saturated rings. The van der Waals surface area contributed by atoms with Crippen LogP contribution in [0.5, 0.6) is 0 Å². The number of benzene rings is 1. The number of aliphatic hydroxyl groups excluding tert-OH is 1. The summed E-state index contributed by atoms with van der Waals surface area (Å²) in [7, 11) is 0. The van der Waals surface area contributed by atoms with Crippen molar-refractivity contribution in [2.24, 2.45) is 0 Å². The highest BCUT2D eigenvalue weighted by Gasteiger charge is 2.46. The van der Waals surface area contributed by atoms with Crippen molar-refractivity contribution >= 4 is 23.3 Å². The average Bonchev–Trinajstić information content (AvgIpc) is 3.50. The quantitative estimate of drug-likeness (QED) is 0.546. The summed E-state index contributed by atoms with van der Waals surface area (Å²) in [6, 6.07) is 10.2. The molecule has 2 aromatic rings. The molecular formula is C21H28N4O2S. The average molecular weight is 401 g/mol. The van der Waals surface area contributed by atoms with Crippen molar-refractivity contribution in [3.05, 3.63) is 36.0 Å². The third-order valence-corrected chi connectivity index (χ3v) is 7.06. The molecule has 0 radical (unpaired) electrons. The summed E-state index contributed by atoms with van der Waals surface area (Å²) in [6.45, 7) is 4.68. The van der Waals surface area contributed by atoms with E-state index in [4.69, 9.17) is 25.5 Å². The fraction of sp³-hybridized carbons (Fsp3) is 0.524. The van der Waals surface area contributed by atoms with Crippen LogP contribution in [0.1, 0.15) is 31.9 Å². The predicted octanol–water partition coefficient (Wildman–Crippen LogP) is 3.06. The largest absolute Gasteiger partial charge is 0.399 e. The molecule has 1 aromatic carbocycles. The van der Waals surface area contributed by atoms with Gasteiger partial charge in [-0.3, -0.25) is 0 Å². The predicted molar refractivity (Wildman–Crippen MR) is 115 cm³/mol. The number of ether oxygens (including phenoxy) is 1. The van der Waals surface area contributed by atoms with E-state index >= 15 is 0 Å². The normalized spacial score (nSPS) is 20.9. The smallest absolute Gasteiger partial charge is 0.161 e. The molecule has 0 bridgehead atoms. The van der Waals surface area contributed by atoms with Gasteiger partial charge in [0, 0.05) is 30.5 Å². The number of nitrogens with zero attached hydrogens (tertiary/aromatic N) is 3. The number of thioether (sulfide) groups is 1. The summed E-state index contributed by atoms with van der Waals surface area (Å²) < 4.78 is 5.67. The summed E-state index contributed by atoms with van der Waals surface area (Å²) in [6.07, 6.45) is 3.06. The van der Waals surface area contributed by atoms with Crippen molar-refractivity contribution in [1.29, 1.82) is 0 Å². The maximum atomic E-state index is 9.15.